The number of allylic oxidation sites excluding steroid dienone is 1. The molecule has 0 saturated heterocycles. The normalized spacial score (nSPS) is 9.29. The molecule has 90 valence electrons. The van der Waals surface area contributed by atoms with Crippen LogP contribution in [-0.2, 0) is 0 Å². The van der Waals surface area contributed by atoms with Gasteiger partial charge in [0.05, 0.1) is 0 Å². The number of nitrogens with one attached hydrogen (secondary N) is 2. The zero-order valence-corrected chi connectivity index (χ0v) is 9.78. The van der Waals surface area contributed by atoms with E-state index in [1.165, 1.54) is 0 Å². The van der Waals surface area contributed by atoms with Crippen molar-refractivity contribution in [2.75, 3.05) is 5.32 Å². The fourth-order valence-corrected chi connectivity index (χ4v) is 1.09. The molecule has 4 N–H and O–H groups in total. The van der Waals surface area contributed by atoms with Crippen LogP contribution in [0.25, 0.3) is 0 Å². The summed E-state index contributed by atoms with van der Waals surface area (Å²) in [5, 5.41) is 5.18. The van der Waals surface area contributed by atoms with E-state index in [4.69, 9.17) is 5.73 Å². The van der Waals surface area contributed by atoms with Crippen LogP contribution in [0.1, 0.15) is 24.2 Å². The molecule has 0 aliphatic heterocycles. The SMILES string of the molecule is CC(C)=CNC(=O)Nc1ccc(C(N)=O)cc1. The first-order chi connectivity index (χ1) is 7.99. The molecule has 0 aromatic heterocycles. The molecule has 0 heterocycles. The summed E-state index contributed by atoms with van der Waals surface area (Å²) >= 11 is 0. The monoisotopic (exact) mass is 233 g/mol. The molecule has 0 fully saturated rings. The van der Waals surface area contributed by atoms with Gasteiger partial charge in [-0.3, -0.25) is 4.79 Å². The molecule has 0 spiro atoms. The molecule has 3 amide bonds. The molecule has 0 aliphatic rings. The second kappa shape index (κ2) is 5.69. The van der Waals surface area contributed by atoms with Crippen molar-refractivity contribution in [2.24, 2.45) is 5.73 Å². The molecule has 0 bridgehead atoms. The number of primary amides is 1. The maximum absolute atomic E-state index is 11.4. The van der Waals surface area contributed by atoms with Crippen molar-refractivity contribution in [3.8, 4) is 0 Å². The van der Waals surface area contributed by atoms with E-state index in [0.29, 0.717) is 11.3 Å². The quantitative estimate of drug-likeness (QED) is 0.744. The van der Waals surface area contributed by atoms with E-state index in [1.54, 1.807) is 30.5 Å². The second-order valence-electron chi connectivity index (χ2n) is 3.76. The van der Waals surface area contributed by atoms with Crippen LogP contribution in [0, 0.1) is 0 Å². The fourth-order valence-electron chi connectivity index (χ4n) is 1.09. The van der Waals surface area contributed by atoms with E-state index in [-0.39, 0.29) is 6.03 Å². The Kier molecular flexibility index (Phi) is 4.28. The average molecular weight is 233 g/mol. The number of carbonyl (C=O) groups excluding carboxylic acids is 2. The van der Waals surface area contributed by atoms with Crippen molar-refractivity contribution in [3.63, 3.8) is 0 Å². The van der Waals surface area contributed by atoms with Crippen LogP contribution in [-0.4, -0.2) is 11.9 Å². The van der Waals surface area contributed by atoms with Crippen LogP contribution in [0.2, 0.25) is 0 Å². The number of nitrogens with two attached hydrogens (primary N) is 1. The van der Waals surface area contributed by atoms with Gasteiger partial charge < -0.3 is 16.4 Å². The summed E-state index contributed by atoms with van der Waals surface area (Å²) in [6.45, 7) is 3.75. The average Bonchev–Trinajstić information content (AvgIpc) is 2.27. The van der Waals surface area contributed by atoms with Gasteiger partial charge in [0.25, 0.3) is 0 Å². The molecule has 5 nitrogen and oxygen atoms in total. The smallest absolute Gasteiger partial charge is 0.323 e. The minimum Gasteiger partial charge on any atom is -0.366 e. The van der Waals surface area contributed by atoms with Crippen molar-refractivity contribution in [3.05, 3.63) is 41.6 Å². The maximum Gasteiger partial charge on any atom is 0.323 e. The first-order valence-corrected chi connectivity index (χ1v) is 5.10. The number of urea groups is 1. The Morgan fingerprint density at radius 3 is 2.24 bits per heavy atom. The summed E-state index contributed by atoms with van der Waals surface area (Å²) < 4.78 is 0. The van der Waals surface area contributed by atoms with Crippen LogP contribution in [0.3, 0.4) is 0 Å². The van der Waals surface area contributed by atoms with Crippen molar-refractivity contribution >= 4 is 17.6 Å². The fraction of sp³-hybridized carbons (Fsp3) is 0.167. The molecular weight excluding hydrogens is 218 g/mol. The predicted octanol–water partition coefficient (Wildman–Crippen LogP) is 1.83. The molecule has 5 heteroatoms. The van der Waals surface area contributed by atoms with E-state index in [0.717, 1.165) is 5.57 Å². The topological polar surface area (TPSA) is 84.2 Å². The summed E-state index contributed by atoms with van der Waals surface area (Å²) in [7, 11) is 0. The van der Waals surface area contributed by atoms with Crippen LogP contribution in [0.5, 0.6) is 0 Å². The van der Waals surface area contributed by atoms with E-state index >= 15 is 0 Å². The third kappa shape index (κ3) is 4.38. The number of anilines is 1. The standard InChI is InChI=1S/C12H15N3O2/c1-8(2)7-14-12(17)15-10-5-3-9(4-6-10)11(13)16/h3-7H,1-2H3,(H2,13,16)(H2,14,15,17). The van der Waals surface area contributed by atoms with Crippen molar-refractivity contribution < 1.29 is 9.59 Å². The Hall–Kier alpha value is -2.30. The number of hydrogen-bond donors (Lipinski definition) is 3. The van der Waals surface area contributed by atoms with Crippen molar-refractivity contribution in [2.45, 2.75) is 13.8 Å². The zero-order chi connectivity index (χ0) is 12.8. The minimum absolute atomic E-state index is 0.335. The van der Waals surface area contributed by atoms with Gasteiger partial charge >= 0.3 is 6.03 Å². The lowest BCUT2D eigenvalue weighted by Crippen LogP contribution is -2.24. The molecule has 1 aromatic carbocycles. The molecule has 1 aromatic rings. The molecule has 0 aliphatic carbocycles. The molecule has 1 rings (SSSR count). The largest absolute Gasteiger partial charge is 0.366 e. The molecule has 0 radical (unpaired) electrons. The highest BCUT2D eigenvalue weighted by molar-refractivity contribution is 5.94. The van der Waals surface area contributed by atoms with Gasteiger partial charge in [0, 0.05) is 17.5 Å². The Balaban J connectivity index is 2.60. The van der Waals surface area contributed by atoms with Gasteiger partial charge in [0.1, 0.15) is 0 Å². The summed E-state index contributed by atoms with van der Waals surface area (Å²) in [6.07, 6.45) is 1.60. The highest BCUT2D eigenvalue weighted by atomic mass is 16.2. The first kappa shape index (κ1) is 12.8. The zero-order valence-electron chi connectivity index (χ0n) is 9.78. The van der Waals surface area contributed by atoms with Gasteiger partial charge in [-0.2, -0.15) is 0 Å². The summed E-state index contributed by atoms with van der Waals surface area (Å²) in [5.41, 5.74) is 7.09. The third-order valence-corrected chi connectivity index (χ3v) is 1.92. The van der Waals surface area contributed by atoms with Crippen LogP contribution in [0.15, 0.2) is 36.0 Å². The van der Waals surface area contributed by atoms with E-state index in [9.17, 15) is 9.59 Å². The second-order valence-corrected chi connectivity index (χ2v) is 3.76. The van der Waals surface area contributed by atoms with Gasteiger partial charge in [0.15, 0.2) is 0 Å². The molecular formula is C12H15N3O2. The summed E-state index contributed by atoms with van der Waals surface area (Å²) in [4.78, 5) is 22.2. The highest BCUT2D eigenvalue weighted by Gasteiger charge is 2.02. The Morgan fingerprint density at radius 2 is 1.76 bits per heavy atom. The van der Waals surface area contributed by atoms with Crippen LogP contribution >= 0.6 is 0 Å². The third-order valence-electron chi connectivity index (χ3n) is 1.92. The number of amides is 3. The lowest BCUT2D eigenvalue weighted by Gasteiger charge is -2.05. The van der Waals surface area contributed by atoms with Gasteiger partial charge in [0.2, 0.25) is 5.91 Å². The van der Waals surface area contributed by atoms with Crippen LogP contribution in [0.4, 0.5) is 10.5 Å². The lowest BCUT2D eigenvalue weighted by atomic mass is 10.2. The van der Waals surface area contributed by atoms with Gasteiger partial charge in [-0.05, 0) is 38.1 Å². The minimum atomic E-state index is -0.495. The summed E-state index contributed by atoms with van der Waals surface area (Å²) in [6, 6.07) is 6.00. The first-order valence-electron chi connectivity index (χ1n) is 5.10. The Morgan fingerprint density at radius 1 is 1.18 bits per heavy atom. The number of benzene rings is 1. The van der Waals surface area contributed by atoms with Crippen LogP contribution < -0.4 is 16.4 Å². The molecule has 0 unspecified atom stereocenters. The van der Waals surface area contributed by atoms with E-state index in [2.05, 4.69) is 10.6 Å². The van der Waals surface area contributed by atoms with Gasteiger partial charge in [-0.1, -0.05) is 5.57 Å². The van der Waals surface area contributed by atoms with Crippen molar-refractivity contribution in [1.29, 1.82) is 0 Å². The molecule has 17 heavy (non-hydrogen) atoms. The van der Waals surface area contributed by atoms with Gasteiger partial charge in [-0.25, -0.2) is 4.79 Å². The number of hydrogen-bond acceptors (Lipinski definition) is 2. The van der Waals surface area contributed by atoms with E-state index in [1.807, 2.05) is 13.8 Å². The van der Waals surface area contributed by atoms with E-state index < -0.39 is 5.91 Å². The van der Waals surface area contributed by atoms with Gasteiger partial charge in [-0.15, -0.1) is 0 Å². The Bertz CT molecular complexity index is 445. The molecule has 0 saturated carbocycles. The summed E-state index contributed by atoms with van der Waals surface area (Å²) in [5.74, 6) is -0.495. The Labute approximate surface area is 99.7 Å². The number of carbonyl (C=O) groups is 2. The number of rotatable bonds is 3. The maximum atomic E-state index is 11.4. The lowest BCUT2D eigenvalue weighted by molar-refractivity contribution is 0.100. The van der Waals surface area contributed by atoms with Crippen molar-refractivity contribution in [1.82, 2.24) is 5.32 Å². The molecule has 0 atom stereocenters. The predicted molar refractivity (Wildman–Crippen MR) is 66.5 cm³/mol. The highest BCUT2D eigenvalue weighted by Crippen LogP contribution is 2.08.